The fourth-order valence-corrected chi connectivity index (χ4v) is 37.0. The van der Waals surface area contributed by atoms with Gasteiger partial charge in [-0.1, -0.05) is 443 Å². The van der Waals surface area contributed by atoms with Gasteiger partial charge in [-0.3, -0.25) is 0 Å². The molecule has 0 spiro atoms. The van der Waals surface area contributed by atoms with Gasteiger partial charge >= 0.3 is 0 Å². The SMILES string of the molecule is [C-]#[N+]c1cc(-c2ccc([Si](c3ccccc3)(c3ccccc3)c3ccccc3)c([N+]#[C-])c2)cc(-n2c3ccccc3c3ccccc32)c1.[C-]#[N+]c1cc(-n2c3ccccc3c3ccccc32)ccc1-c1ccc([N+]#[C-])c([Si](c2ccccc2)(c2ccccc2)c2ccccc2)c1.[C-]#[N+]c1ccc(C#N)c([Si](c2ccccc2)(c2ccccc2)c2ccccc2)c1-c1ccc(-n2c3ccccc3c3ccccc32)cc1. The Morgan fingerprint density at radius 1 is 0.201 bits per heavy atom. The molecule has 0 fully saturated rings. The van der Waals surface area contributed by atoms with Crippen molar-refractivity contribution in [3.63, 3.8) is 0 Å². The summed E-state index contributed by atoms with van der Waals surface area (Å²) in [7, 11) is -9.01. The van der Waals surface area contributed by atoms with Crippen LogP contribution in [0, 0.1) is 44.2 Å². The molecule has 0 aliphatic rings. The number of nitriles is 1. The predicted molar refractivity (Wildman–Crippen MR) is 606 cm³/mol. The van der Waals surface area contributed by atoms with Crippen LogP contribution in [0.15, 0.2) is 528 Å². The van der Waals surface area contributed by atoms with Crippen molar-refractivity contribution >= 4 is 180 Å². The van der Waals surface area contributed by atoms with E-state index in [2.05, 4.69) is 487 Å². The van der Waals surface area contributed by atoms with Crippen LogP contribution in [0.3, 0.4) is 0 Å². The van der Waals surface area contributed by atoms with Crippen molar-refractivity contribution in [1.82, 2.24) is 13.7 Å². The van der Waals surface area contributed by atoms with E-state index in [4.69, 9.17) is 32.9 Å². The van der Waals surface area contributed by atoms with Crippen LogP contribution in [0.25, 0.3) is 140 Å². The van der Waals surface area contributed by atoms with Crippen molar-refractivity contribution in [2.45, 2.75) is 0 Å². The summed E-state index contributed by atoms with van der Waals surface area (Å²) >= 11 is 0. The minimum absolute atomic E-state index is 0.535. The summed E-state index contributed by atoms with van der Waals surface area (Å²) < 4.78 is 6.79. The average molecular weight is 1880 g/mol. The van der Waals surface area contributed by atoms with E-state index in [1.165, 1.54) is 63.4 Å². The summed E-state index contributed by atoms with van der Waals surface area (Å²) in [5.41, 5.74) is 18.4. The molecule has 0 aliphatic carbocycles. The lowest BCUT2D eigenvalue weighted by atomic mass is 10.0. The zero-order chi connectivity index (χ0) is 97.5. The highest BCUT2D eigenvalue weighted by Gasteiger charge is 2.47. The third kappa shape index (κ3) is 15.6. The minimum atomic E-state index is -3.15. The van der Waals surface area contributed by atoms with Crippen LogP contribution < -0.4 is 62.2 Å². The largest absolute Gasteiger partial charge is 0.311 e. The van der Waals surface area contributed by atoms with Crippen molar-refractivity contribution in [2.75, 3.05) is 0 Å². The molecule has 3 heterocycles. The van der Waals surface area contributed by atoms with Crippen LogP contribution in [0.5, 0.6) is 0 Å². The summed E-state index contributed by atoms with van der Waals surface area (Å²) in [5, 5.41) is 31.7. The highest BCUT2D eigenvalue weighted by Crippen LogP contribution is 2.42. The molecular formula is C132H87N9Si3. The van der Waals surface area contributed by atoms with E-state index >= 15 is 0 Å². The first kappa shape index (κ1) is 89.8. The van der Waals surface area contributed by atoms with Gasteiger partial charge in [0, 0.05) is 49.4 Å². The molecule has 0 N–H and O–H groups in total. The molecule has 9 nitrogen and oxygen atoms in total. The van der Waals surface area contributed by atoms with Crippen LogP contribution in [0.1, 0.15) is 5.56 Å². The summed E-state index contributed by atoms with van der Waals surface area (Å²) in [5.74, 6) is 0. The Bertz CT molecular complexity index is 8810. The van der Waals surface area contributed by atoms with E-state index in [0.29, 0.717) is 34.0 Å². The van der Waals surface area contributed by atoms with Gasteiger partial charge in [0.05, 0.1) is 77.6 Å². The monoisotopic (exact) mass is 1880 g/mol. The maximum atomic E-state index is 10.8. The molecule has 21 aromatic carbocycles. The van der Waals surface area contributed by atoms with E-state index in [9.17, 15) is 5.26 Å². The van der Waals surface area contributed by atoms with E-state index in [1.54, 1.807) is 0 Å². The quantitative estimate of drug-likeness (QED) is 0.0480. The molecule has 12 heteroatoms. The Morgan fingerprint density at radius 3 is 0.861 bits per heavy atom. The molecule has 0 bridgehead atoms. The molecule has 24 aromatic rings. The number of aromatic nitrogens is 3. The van der Waals surface area contributed by atoms with Gasteiger partial charge in [0.25, 0.3) is 0 Å². The first-order chi connectivity index (χ1) is 71.2. The lowest BCUT2D eigenvalue weighted by Crippen LogP contribution is -2.75. The second kappa shape index (κ2) is 39.2. The summed E-state index contributed by atoms with van der Waals surface area (Å²) in [6, 6.07) is 186. The van der Waals surface area contributed by atoms with Gasteiger partial charge in [0.15, 0.2) is 52.7 Å². The van der Waals surface area contributed by atoms with Crippen LogP contribution in [0.4, 0.5) is 28.4 Å². The molecule has 0 radical (unpaired) electrons. The van der Waals surface area contributed by atoms with Crippen molar-refractivity contribution in [3.8, 4) is 56.5 Å². The first-order valence-electron chi connectivity index (χ1n) is 47.8. The van der Waals surface area contributed by atoms with E-state index < -0.39 is 24.2 Å². The Balaban J connectivity index is 0.000000123. The van der Waals surface area contributed by atoms with E-state index in [-0.39, 0.29) is 0 Å². The molecule has 3 aromatic heterocycles. The molecule has 0 saturated carbocycles. The highest BCUT2D eigenvalue weighted by molar-refractivity contribution is 7.22. The zero-order valence-corrected chi connectivity index (χ0v) is 81.3. The fourth-order valence-electron chi connectivity index (χ4n) is 22.1. The van der Waals surface area contributed by atoms with Gasteiger partial charge in [-0.05, 0) is 181 Å². The van der Waals surface area contributed by atoms with Gasteiger partial charge < -0.3 is 13.7 Å². The number of nitrogens with zero attached hydrogens (tertiary/aromatic N) is 9. The lowest BCUT2D eigenvalue weighted by Gasteiger charge is -2.37. The second-order valence-corrected chi connectivity index (χ2v) is 46.9. The fraction of sp³-hybridized carbons (Fsp3) is 0. The molecular weight excluding hydrogens is 1800 g/mol. The molecule has 672 valence electrons. The third-order valence-corrected chi connectivity index (χ3v) is 42.7. The third-order valence-electron chi connectivity index (χ3n) is 28.2. The molecule has 24 rings (SSSR count). The van der Waals surface area contributed by atoms with Crippen molar-refractivity contribution in [1.29, 1.82) is 5.26 Å². The molecule has 0 atom stereocenters. The summed E-state index contributed by atoms with van der Waals surface area (Å²) in [6.07, 6.45) is 0. The number of para-hydroxylation sites is 6. The van der Waals surface area contributed by atoms with Gasteiger partial charge in [-0.15, -0.1) is 0 Å². The van der Waals surface area contributed by atoms with Gasteiger partial charge in [0.2, 0.25) is 0 Å². The van der Waals surface area contributed by atoms with E-state index in [1.807, 2.05) is 84.9 Å². The average Bonchev–Trinajstić information content (AvgIpc) is 1.61. The summed E-state index contributed by atoms with van der Waals surface area (Å²) in [4.78, 5) is 20.4. The van der Waals surface area contributed by atoms with Gasteiger partial charge in [0.1, 0.15) is 0 Å². The van der Waals surface area contributed by atoms with Crippen LogP contribution in [0.2, 0.25) is 0 Å². The molecule has 0 unspecified atom stereocenters. The maximum absolute atomic E-state index is 10.8. The minimum Gasteiger partial charge on any atom is -0.311 e. The maximum Gasteiger partial charge on any atom is 0.196 e. The van der Waals surface area contributed by atoms with E-state index in [0.717, 1.165) is 115 Å². The number of fused-ring (bicyclic) bond motifs is 9. The zero-order valence-electron chi connectivity index (χ0n) is 78.3. The van der Waals surface area contributed by atoms with Gasteiger partial charge in [-0.2, -0.15) is 5.26 Å². The van der Waals surface area contributed by atoms with Crippen molar-refractivity contribution < 1.29 is 0 Å². The number of rotatable bonds is 18. The highest BCUT2D eigenvalue weighted by atomic mass is 28.3. The number of benzene rings is 21. The van der Waals surface area contributed by atoms with Crippen LogP contribution in [-0.4, -0.2) is 37.9 Å². The Hall–Kier alpha value is -19.4. The second-order valence-electron chi connectivity index (χ2n) is 35.7. The topological polar surface area (TPSA) is 60.4 Å². The predicted octanol–water partition coefficient (Wildman–Crippen LogP) is 26.1. The van der Waals surface area contributed by atoms with Crippen LogP contribution >= 0.6 is 0 Å². The lowest BCUT2D eigenvalue weighted by molar-refractivity contribution is 1.18. The summed E-state index contributed by atoms with van der Waals surface area (Å²) in [6.45, 7) is 41.5. The number of hydrogen-bond donors (Lipinski definition) is 0. The molecule has 0 amide bonds. The molecule has 0 aliphatic heterocycles. The van der Waals surface area contributed by atoms with Crippen molar-refractivity contribution in [2.24, 2.45) is 0 Å². The van der Waals surface area contributed by atoms with Gasteiger partial charge in [-0.25, -0.2) is 24.2 Å². The number of hydrogen-bond acceptors (Lipinski definition) is 1. The molecule has 0 saturated heterocycles. The normalized spacial score (nSPS) is 11.3. The standard InChI is InChI=1S/3C44H29N3Si/c1-45-40-29-26-32(30-44(40)48(34-16-6-3-7-17-34,35-18-8-4-9-19-35)36-20-10-5-11-21-36)37-28-27-33(31-41(37)46-2)47-42-24-14-12-22-38(42)39-23-13-15-25-43(39)47;1-45-34-28-33(29-35(31-34)47-42-24-14-12-22-39(42)40-23-13-15-25-43(40)47)32-26-27-44(41(30-32)46-2)48(36-16-6-3-7-17-36,37-18-8-4-9-19-37)38-20-10-5-11-21-38;1-46-40-30-27-33(31-45)44(48(35-15-5-2-6-16-35,36-17-7-3-8-18-36)37-19-9-4-10-20-37)43(40)32-25-28-34(29-26-32)47-41-23-13-11-21-38(41)39-22-12-14-24-42(39)47/h2*3-31H;2-30H. The Morgan fingerprint density at radius 2 is 0.507 bits per heavy atom. The molecule has 144 heavy (non-hydrogen) atoms. The van der Waals surface area contributed by atoms with Crippen molar-refractivity contribution in [3.05, 3.63) is 590 Å². The Kier molecular flexibility index (Phi) is 24.5. The Labute approximate surface area is 839 Å². The first-order valence-corrected chi connectivity index (χ1v) is 53.8. The van der Waals surface area contributed by atoms with Crippen LogP contribution in [-0.2, 0) is 0 Å². The smallest absolute Gasteiger partial charge is 0.196 e.